The fraction of sp³-hybridized carbons (Fsp3) is 0.812. The molecule has 2 atom stereocenters. The normalized spacial score (nSPS) is 27.8. The van der Waals surface area contributed by atoms with Gasteiger partial charge in [0.25, 0.3) is 0 Å². The number of likely N-dealkylation sites (tertiary alicyclic amines) is 1. The number of aromatic nitrogens is 1. The van der Waals surface area contributed by atoms with Crippen molar-refractivity contribution >= 4 is 11.3 Å². The Morgan fingerprint density at radius 3 is 3.00 bits per heavy atom. The number of hydrogen-bond donors (Lipinski definition) is 0. The van der Waals surface area contributed by atoms with Crippen LogP contribution in [0.2, 0.25) is 0 Å². The zero-order valence-electron chi connectivity index (χ0n) is 13.8. The smallest absolute Gasteiger partial charge is 0.107 e. The van der Waals surface area contributed by atoms with Crippen LogP contribution in [0.25, 0.3) is 0 Å². The van der Waals surface area contributed by atoms with Gasteiger partial charge >= 0.3 is 0 Å². The van der Waals surface area contributed by atoms with Gasteiger partial charge in [-0.25, -0.2) is 4.98 Å². The second kappa shape index (κ2) is 7.84. The molecule has 1 aromatic heterocycles. The molecule has 3 heterocycles. The van der Waals surface area contributed by atoms with E-state index in [1.54, 1.807) is 11.3 Å². The summed E-state index contributed by atoms with van der Waals surface area (Å²) >= 11 is 1.75. The fourth-order valence-electron chi connectivity index (χ4n) is 3.39. The maximum atomic E-state index is 6.18. The monoisotopic (exact) mass is 324 g/mol. The van der Waals surface area contributed by atoms with E-state index in [0.717, 1.165) is 39.3 Å². The SMILES string of the molecule is CN(C)CCN1CCO[C@H]2CN(Cc3nccs3)CC[C@H]2C1. The summed E-state index contributed by atoms with van der Waals surface area (Å²) < 4.78 is 6.18. The molecule has 3 rings (SSSR count). The van der Waals surface area contributed by atoms with Gasteiger partial charge in [-0.1, -0.05) is 0 Å². The molecular formula is C16H28N4OS. The Labute approximate surface area is 137 Å². The number of ether oxygens (including phenoxy) is 1. The second-order valence-corrected chi connectivity index (χ2v) is 7.70. The molecule has 22 heavy (non-hydrogen) atoms. The molecule has 0 aromatic carbocycles. The van der Waals surface area contributed by atoms with Gasteiger partial charge in [0.15, 0.2) is 0 Å². The fourth-order valence-corrected chi connectivity index (χ4v) is 4.05. The van der Waals surface area contributed by atoms with Crippen LogP contribution in [0.4, 0.5) is 0 Å². The third-order valence-electron chi connectivity index (χ3n) is 4.72. The highest BCUT2D eigenvalue weighted by atomic mass is 32.1. The van der Waals surface area contributed by atoms with Crippen molar-refractivity contribution in [2.75, 3.05) is 60.0 Å². The van der Waals surface area contributed by atoms with Crippen LogP contribution in [0.3, 0.4) is 0 Å². The van der Waals surface area contributed by atoms with E-state index < -0.39 is 0 Å². The summed E-state index contributed by atoms with van der Waals surface area (Å²) in [5, 5.41) is 3.28. The Hall–Kier alpha value is -0.530. The predicted molar refractivity (Wildman–Crippen MR) is 90.2 cm³/mol. The van der Waals surface area contributed by atoms with E-state index in [2.05, 4.69) is 39.2 Å². The number of thiazole rings is 1. The first-order chi connectivity index (χ1) is 10.7. The lowest BCUT2D eigenvalue weighted by atomic mass is 9.93. The first-order valence-corrected chi connectivity index (χ1v) is 9.18. The maximum Gasteiger partial charge on any atom is 0.107 e. The van der Waals surface area contributed by atoms with Gasteiger partial charge in [0.05, 0.1) is 19.3 Å². The molecule has 2 fully saturated rings. The maximum absolute atomic E-state index is 6.18. The molecule has 2 aliphatic rings. The lowest BCUT2D eigenvalue weighted by molar-refractivity contribution is -0.0242. The summed E-state index contributed by atoms with van der Waals surface area (Å²) in [4.78, 5) is 11.8. The van der Waals surface area contributed by atoms with E-state index in [1.165, 1.54) is 24.5 Å². The van der Waals surface area contributed by atoms with Gasteiger partial charge in [0, 0.05) is 50.2 Å². The molecule has 0 bridgehead atoms. The molecule has 5 nitrogen and oxygen atoms in total. The predicted octanol–water partition coefficient (Wildman–Crippen LogP) is 1.23. The van der Waals surface area contributed by atoms with Crippen molar-refractivity contribution in [1.82, 2.24) is 19.7 Å². The molecule has 0 N–H and O–H groups in total. The van der Waals surface area contributed by atoms with Crippen LogP contribution in [0.15, 0.2) is 11.6 Å². The molecule has 124 valence electrons. The number of rotatable bonds is 5. The lowest BCUT2D eigenvalue weighted by Gasteiger charge is -2.37. The molecule has 2 aliphatic heterocycles. The Morgan fingerprint density at radius 1 is 1.32 bits per heavy atom. The Balaban J connectivity index is 1.50. The minimum Gasteiger partial charge on any atom is -0.375 e. The molecule has 0 spiro atoms. The van der Waals surface area contributed by atoms with Gasteiger partial charge in [-0.2, -0.15) is 0 Å². The minimum atomic E-state index is 0.401. The first-order valence-electron chi connectivity index (χ1n) is 8.30. The van der Waals surface area contributed by atoms with E-state index in [4.69, 9.17) is 4.74 Å². The molecule has 6 heteroatoms. The van der Waals surface area contributed by atoms with Crippen LogP contribution >= 0.6 is 11.3 Å². The topological polar surface area (TPSA) is 31.8 Å². The Kier molecular flexibility index (Phi) is 5.82. The summed E-state index contributed by atoms with van der Waals surface area (Å²) in [7, 11) is 4.29. The standard InChI is InChI=1S/C16H28N4OS/c1-18(2)6-7-19-8-9-21-15-12-20(5-3-14(15)11-19)13-16-17-4-10-22-16/h4,10,14-15H,3,5-9,11-13H2,1-2H3/t14-,15-/m0/s1. The minimum absolute atomic E-state index is 0.401. The van der Waals surface area contributed by atoms with Crippen molar-refractivity contribution in [1.29, 1.82) is 0 Å². The van der Waals surface area contributed by atoms with E-state index in [1.807, 2.05) is 6.20 Å². The van der Waals surface area contributed by atoms with Crippen molar-refractivity contribution < 1.29 is 4.74 Å². The van der Waals surface area contributed by atoms with Crippen LogP contribution in [-0.2, 0) is 11.3 Å². The highest BCUT2D eigenvalue weighted by molar-refractivity contribution is 7.09. The molecule has 2 saturated heterocycles. The van der Waals surface area contributed by atoms with Gasteiger partial charge in [0.1, 0.15) is 5.01 Å². The lowest BCUT2D eigenvalue weighted by Crippen LogP contribution is -2.46. The number of likely N-dealkylation sites (N-methyl/N-ethyl adjacent to an activating group) is 1. The largest absolute Gasteiger partial charge is 0.375 e. The molecule has 0 amide bonds. The van der Waals surface area contributed by atoms with Gasteiger partial charge < -0.3 is 9.64 Å². The van der Waals surface area contributed by atoms with Crippen molar-refractivity contribution in [3.63, 3.8) is 0 Å². The third-order valence-corrected chi connectivity index (χ3v) is 5.48. The summed E-state index contributed by atoms with van der Waals surface area (Å²) in [5.41, 5.74) is 0. The summed E-state index contributed by atoms with van der Waals surface area (Å²) in [6.07, 6.45) is 3.55. The van der Waals surface area contributed by atoms with Crippen molar-refractivity contribution in [2.45, 2.75) is 19.1 Å². The third kappa shape index (κ3) is 4.49. The average Bonchev–Trinajstić information content (AvgIpc) is 2.91. The zero-order valence-corrected chi connectivity index (χ0v) is 14.6. The van der Waals surface area contributed by atoms with E-state index in [9.17, 15) is 0 Å². The number of nitrogens with zero attached hydrogens (tertiary/aromatic N) is 4. The zero-order chi connectivity index (χ0) is 15.4. The second-order valence-electron chi connectivity index (χ2n) is 6.72. The van der Waals surface area contributed by atoms with E-state index in [0.29, 0.717) is 12.0 Å². The highest BCUT2D eigenvalue weighted by Crippen LogP contribution is 2.25. The summed E-state index contributed by atoms with van der Waals surface area (Å²) in [6, 6.07) is 0. The van der Waals surface area contributed by atoms with Crippen LogP contribution < -0.4 is 0 Å². The van der Waals surface area contributed by atoms with Crippen LogP contribution in [0.5, 0.6) is 0 Å². The molecule has 0 saturated carbocycles. The summed E-state index contributed by atoms with van der Waals surface area (Å²) in [5.74, 6) is 0.692. The molecular weight excluding hydrogens is 296 g/mol. The van der Waals surface area contributed by atoms with Crippen molar-refractivity contribution in [3.05, 3.63) is 16.6 Å². The molecule has 1 aromatic rings. The van der Waals surface area contributed by atoms with Crippen LogP contribution in [0.1, 0.15) is 11.4 Å². The first kappa shape index (κ1) is 16.3. The van der Waals surface area contributed by atoms with Gasteiger partial charge in [-0.3, -0.25) is 9.80 Å². The van der Waals surface area contributed by atoms with Crippen molar-refractivity contribution in [2.24, 2.45) is 5.92 Å². The number of piperidine rings is 1. The highest BCUT2D eigenvalue weighted by Gasteiger charge is 2.33. The Morgan fingerprint density at radius 2 is 2.23 bits per heavy atom. The van der Waals surface area contributed by atoms with E-state index in [-0.39, 0.29) is 0 Å². The van der Waals surface area contributed by atoms with Crippen LogP contribution in [-0.4, -0.2) is 85.8 Å². The van der Waals surface area contributed by atoms with Crippen molar-refractivity contribution in [3.8, 4) is 0 Å². The summed E-state index contributed by atoms with van der Waals surface area (Å²) in [6.45, 7) is 8.65. The molecule has 0 radical (unpaired) electrons. The Bertz CT molecular complexity index is 439. The molecule has 0 aliphatic carbocycles. The number of hydrogen-bond acceptors (Lipinski definition) is 6. The van der Waals surface area contributed by atoms with Gasteiger partial charge in [-0.15, -0.1) is 11.3 Å². The van der Waals surface area contributed by atoms with Gasteiger partial charge in [-0.05, 0) is 27.1 Å². The number of fused-ring (bicyclic) bond motifs is 1. The average molecular weight is 324 g/mol. The van der Waals surface area contributed by atoms with E-state index >= 15 is 0 Å². The quantitative estimate of drug-likeness (QED) is 0.813. The molecule has 0 unspecified atom stereocenters. The van der Waals surface area contributed by atoms with Gasteiger partial charge in [0.2, 0.25) is 0 Å². The van der Waals surface area contributed by atoms with Crippen LogP contribution in [0, 0.1) is 5.92 Å².